The van der Waals surface area contributed by atoms with E-state index in [9.17, 15) is 22.2 Å². The maximum atomic E-state index is 13.9. The second kappa shape index (κ2) is 7.12. The first-order valence-corrected chi connectivity index (χ1v) is 10.4. The van der Waals surface area contributed by atoms with Crippen LogP contribution in [-0.2, 0) is 40.1 Å². The average molecular weight is 426 g/mol. The Bertz CT molecular complexity index is 1090. The number of aromatic nitrogens is 3. The maximum absolute atomic E-state index is 13.9. The van der Waals surface area contributed by atoms with Crippen LogP contribution in [0, 0.1) is 5.82 Å². The summed E-state index contributed by atoms with van der Waals surface area (Å²) in [6.07, 6.45) is 4.64. The summed E-state index contributed by atoms with van der Waals surface area (Å²) in [7, 11) is -2.56. The van der Waals surface area contributed by atoms with Crippen LogP contribution in [0.4, 0.5) is 23.7 Å². The second-order valence-corrected chi connectivity index (χ2v) is 8.48. The predicted octanol–water partition coefficient (Wildman–Crippen LogP) is 4.26. The van der Waals surface area contributed by atoms with Crippen molar-refractivity contribution in [1.82, 2.24) is 14.8 Å². The molecule has 1 N–H and O–H groups in total. The molecule has 0 aliphatic heterocycles. The van der Waals surface area contributed by atoms with Gasteiger partial charge < -0.3 is 13.9 Å². The van der Waals surface area contributed by atoms with Gasteiger partial charge in [-0.2, -0.15) is 13.9 Å². The lowest BCUT2D eigenvalue weighted by molar-refractivity contribution is -0.0733. The summed E-state index contributed by atoms with van der Waals surface area (Å²) in [5.41, 5.74) is 4.45. The van der Waals surface area contributed by atoms with Crippen molar-refractivity contribution < 1.29 is 22.2 Å². The summed E-state index contributed by atoms with van der Waals surface area (Å²) >= 11 is 0. The lowest BCUT2D eigenvalue weighted by Crippen LogP contribution is -2.18. The van der Waals surface area contributed by atoms with Crippen molar-refractivity contribution in [2.45, 2.75) is 62.9 Å². The standard InChI is InChI=1S/C18H19F3N5O2S/c1-9-6-7-11-14(9)22-13-5-3-4-10(13)15(11)23-17(27)25-29(28)16-12(19)8-26(24-16)18(2,20)21/h8-9H,3-7H2,1-2H3,(H,22,23,27)/q-1/t9-/m1/s1. The zero-order chi connectivity index (χ0) is 20.9. The molecule has 0 fully saturated rings. The molecule has 2 aliphatic carbocycles. The van der Waals surface area contributed by atoms with E-state index in [0.717, 1.165) is 54.6 Å². The Hall–Kier alpha value is -2.43. The zero-order valence-electron chi connectivity index (χ0n) is 15.8. The molecule has 29 heavy (non-hydrogen) atoms. The number of hydrogen-bond acceptors (Lipinski definition) is 5. The Morgan fingerprint density at radius 1 is 1.34 bits per heavy atom. The summed E-state index contributed by atoms with van der Waals surface area (Å²) in [4.78, 5) is 17.1. The lowest BCUT2D eigenvalue weighted by Gasteiger charge is -2.15. The van der Waals surface area contributed by atoms with E-state index in [0.29, 0.717) is 18.8 Å². The van der Waals surface area contributed by atoms with Gasteiger partial charge in [0.25, 0.3) is 0 Å². The number of pyridine rings is 1. The number of carbonyl (C=O) groups is 1. The Kier molecular flexibility index (Phi) is 4.88. The molecule has 11 heteroatoms. The molecule has 4 rings (SSSR count). The number of halogens is 3. The van der Waals surface area contributed by atoms with Crippen molar-refractivity contribution in [1.29, 1.82) is 0 Å². The molecule has 0 bridgehead atoms. The molecule has 0 radical (unpaired) electrons. The highest BCUT2D eigenvalue weighted by Crippen LogP contribution is 2.41. The van der Waals surface area contributed by atoms with Gasteiger partial charge >= 0.3 is 12.1 Å². The molecule has 2 aromatic rings. The van der Waals surface area contributed by atoms with Gasteiger partial charge in [-0.05, 0) is 49.1 Å². The highest BCUT2D eigenvalue weighted by Gasteiger charge is 2.30. The van der Waals surface area contributed by atoms with Gasteiger partial charge in [0.05, 0.1) is 11.9 Å². The summed E-state index contributed by atoms with van der Waals surface area (Å²) in [5.74, 6) is -0.938. The molecule has 2 aromatic heterocycles. The van der Waals surface area contributed by atoms with Gasteiger partial charge in [0.2, 0.25) is 0 Å². The zero-order valence-corrected chi connectivity index (χ0v) is 16.7. The largest absolute Gasteiger partial charge is 0.438 e. The van der Waals surface area contributed by atoms with Crippen LogP contribution in [0.5, 0.6) is 0 Å². The van der Waals surface area contributed by atoms with Gasteiger partial charge in [0.15, 0.2) is 0 Å². The molecule has 0 saturated heterocycles. The molecule has 2 aliphatic rings. The topological polar surface area (TPSA) is 89.2 Å². The van der Waals surface area contributed by atoms with Crippen LogP contribution in [0.25, 0.3) is 0 Å². The number of alkyl halides is 2. The van der Waals surface area contributed by atoms with Gasteiger partial charge in [0.1, 0.15) is 5.82 Å². The normalized spacial score (nSPS) is 19.3. The third-order valence-electron chi connectivity index (χ3n) is 5.25. The fraction of sp³-hybridized carbons (Fsp3) is 0.500. The molecule has 0 spiro atoms. The van der Waals surface area contributed by atoms with Crippen LogP contribution in [0.1, 0.15) is 55.1 Å². The van der Waals surface area contributed by atoms with Gasteiger partial charge in [0, 0.05) is 23.3 Å². The third kappa shape index (κ3) is 3.63. The van der Waals surface area contributed by atoms with E-state index in [4.69, 9.17) is 4.98 Å². The Balaban J connectivity index is 1.64. The number of urea groups is 1. The minimum absolute atomic E-state index is 0.0486. The number of nitrogens with zero attached hydrogens (tertiary/aromatic N) is 4. The molecule has 7 nitrogen and oxygen atoms in total. The number of amides is 2. The van der Waals surface area contributed by atoms with Crippen LogP contribution in [-0.4, -0.2) is 20.8 Å². The SMILES string of the molecule is C[C@@H]1CCc2c1nc1c(c2NC(=O)/N=[S-](=O)/c2nn(C(C)(F)F)cc2F)CCC1. The second-order valence-electron chi connectivity index (χ2n) is 7.41. The van der Waals surface area contributed by atoms with Gasteiger partial charge in [-0.15, -0.1) is 10.6 Å². The van der Waals surface area contributed by atoms with E-state index in [-0.39, 0.29) is 10.6 Å². The minimum Gasteiger partial charge on any atom is -0.438 e. The molecule has 0 unspecified atom stereocenters. The van der Waals surface area contributed by atoms with Gasteiger partial charge in [-0.3, -0.25) is 4.98 Å². The molecule has 0 saturated carbocycles. The fourth-order valence-electron chi connectivity index (χ4n) is 3.86. The number of rotatable bonds is 3. The maximum Gasteiger partial charge on any atom is 0.340 e. The van der Waals surface area contributed by atoms with Crippen molar-refractivity contribution in [2.24, 2.45) is 4.36 Å². The first kappa shape index (κ1) is 19.9. The van der Waals surface area contributed by atoms with E-state index < -0.39 is 33.5 Å². The van der Waals surface area contributed by atoms with E-state index >= 15 is 0 Å². The quantitative estimate of drug-likeness (QED) is 0.743. The number of nitrogens with one attached hydrogen (secondary N) is 1. The van der Waals surface area contributed by atoms with Crippen molar-refractivity contribution in [3.63, 3.8) is 0 Å². The minimum atomic E-state index is -3.47. The Morgan fingerprint density at radius 3 is 2.79 bits per heavy atom. The number of hydrogen-bond donors (Lipinski definition) is 1. The number of fused-ring (bicyclic) bond motifs is 2. The summed E-state index contributed by atoms with van der Waals surface area (Å²) in [5, 5.41) is 5.13. The number of carbonyl (C=O) groups excluding carboxylic acids is 1. The van der Waals surface area contributed by atoms with Crippen molar-refractivity contribution in [3.8, 4) is 0 Å². The van der Waals surface area contributed by atoms with Crippen LogP contribution in [0.3, 0.4) is 0 Å². The lowest BCUT2D eigenvalue weighted by atomic mass is 10.0. The smallest absolute Gasteiger partial charge is 0.340 e. The average Bonchev–Trinajstić information content (AvgIpc) is 3.33. The van der Waals surface area contributed by atoms with Crippen molar-refractivity contribution in [2.75, 3.05) is 5.32 Å². The highest BCUT2D eigenvalue weighted by molar-refractivity contribution is 7.75. The molecule has 2 heterocycles. The van der Waals surface area contributed by atoms with Gasteiger partial charge in [-0.1, -0.05) is 6.92 Å². The monoisotopic (exact) mass is 426 g/mol. The van der Waals surface area contributed by atoms with E-state index in [1.165, 1.54) is 0 Å². The number of aryl methyl sites for hydroxylation is 1. The summed E-state index contributed by atoms with van der Waals surface area (Å²) in [6, 6.07) is -4.41. The first-order valence-electron chi connectivity index (χ1n) is 9.27. The van der Waals surface area contributed by atoms with E-state index in [1.807, 2.05) is 0 Å². The number of anilines is 1. The summed E-state index contributed by atoms with van der Waals surface area (Å²) < 4.78 is 56.1. The molecule has 0 aromatic carbocycles. The molecule has 156 valence electrons. The van der Waals surface area contributed by atoms with E-state index in [2.05, 4.69) is 21.7 Å². The third-order valence-corrected chi connectivity index (χ3v) is 6.19. The van der Waals surface area contributed by atoms with E-state index in [1.54, 1.807) is 0 Å². The molecule has 2 amide bonds. The molecular weight excluding hydrogens is 407 g/mol. The highest BCUT2D eigenvalue weighted by atomic mass is 32.2. The van der Waals surface area contributed by atoms with Crippen molar-refractivity contribution in [3.05, 3.63) is 34.5 Å². The van der Waals surface area contributed by atoms with Gasteiger partial charge in [-0.25, -0.2) is 13.9 Å². The Labute approximate surface area is 166 Å². The van der Waals surface area contributed by atoms with Crippen LogP contribution in [0.2, 0.25) is 0 Å². The van der Waals surface area contributed by atoms with Crippen LogP contribution >= 0.6 is 0 Å². The van der Waals surface area contributed by atoms with Crippen LogP contribution < -0.4 is 5.32 Å². The fourth-order valence-corrected chi connectivity index (χ4v) is 4.52. The Morgan fingerprint density at radius 2 is 2.10 bits per heavy atom. The van der Waals surface area contributed by atoms with Crippen LogP contribution in [0.15, 0.2) is 15.6 Å². The first-order chi connectivity index (χ1) is 13.6. The predicted molar refractivity (Wildman–Crippen MR) is 98.8 cm³/mol. The molecule has 1 atom stereocenters. The summed E-state index contributed by atoms with van der Waals surface area (Å²) in [6.45, 7) is 2.59. The molecular formula is C18H19F3N5O2S-. The van der Waals surface area contributed by atoms with Crippen molar-refractivity contribution >= 4 is 22.3 Å².